The minimum absolute atomic E-state index is 0.243. The van der Waals surface area contributed by atoms with Crippen LogP contribution >= 0.6 is 0 Å². The maximum absolute atomic E-state index is 10.8. The summed E-state index contributed by atoms with van der Waals surface area (Å²) in [6.45, 7) is 2.18. The van der Waals surface area contributed by atoms with Crippen molar-refractivity contribution in [2.45, 2.75) is 39.0 Å². The first-order valence-electron chi connectivity index (χ1n) is 4.92. The summed E-state index contributed by atoms with van der Waals surface area (Å²) in [7, 11) is 0. The quantitative estimate of drug-likeness (QED) is 0.652. The largest absolute Gasteiger partial charge is 0.428 e. The molecule has 1 aromatic rings. The van der Waals surface area contributed by atoms with Crippen LogP contribution in [-0.2, 0) is 6.42 Å². The SMILES string of the molecule is CCCCCCc1cccc(=O)o1. The van der Waals surface area contributed by atoms with E-state index in [2.05, 4.69) is 6.92 Å². The molecule has 0 radical (unpaired) electrons. The maximum atomic E-state index is 10.8. The summed E-state index contributed by atoms with van der Waals surface area (Å²) in [5, 5.41) is 0. The zero-order valence-electron chi connectivity index (χ0n) is 8.08. The third kappa shape index (κ3) is 3.92. The molecule has 2 nitrogen and oxygen atoms in total. The van der Waals surface area contributed by atoms with Crippen LogP contribution < -0.4 is 5.63 Å². The maximum Gasteiger partial charge on any atom is 0.335 e. The van der Waals surface area contributed by atoms with E-state index in [0.29, 0.717) is 0 Å². The van der Waals surface area contributed by atoms with Gasteiger partial charge in [0.15, 0.2) is 0 Å². The molecular weight excluding hydrogens is 164 g/mol. The van der Waals surface area contributed by atoms with E-state index in [1.54, 1.807) is 6.07 Å². The van der Waals surface area contributed by atoms with Crippen molar-refractivity contribution >= 4 is 0 Å². The Labute approximate surface area is 78.6 Å². The van der Waals surface area contributed by atoms with Crippen molar-refractivity contribution in [2.24, 2.45) is 0 Å². The molecule has 0 saturated heterocycles. The van der Waals surface area contributed by atoms with Crippen molar-refractivity contribution in [3.8, 4) is 0 Å². The van der Waals surface area contributed by atoms with Crippen LogP contribution in [0.4, 0.5) is 0 Å². The van der Waals surface area contributed by atoms with Crippen molar-refractivity contribution in [2.75, 3.05) is 0 Å². The van der Waals surface area contributed by atoms with Gasteiger partial charge in [-0.15, -0.1) is 0 Å². The Bertz CT molecular complexity index is 288. The standard InChI is InChI=1S/C11H16O2/c1-2-3-4-5-7-10-8-6-9-11(12)13-10/h6,8-9H,2-5,7H2,1H3. The van der Waals surface area contributed by atoms with Crippen molar-refractivity contribution < 1.29 is 4.42 Å². The third-order valence-electron chi connectivity index (χ3n) is 2.02. The molecule has 1 rings (SSSR count). The van der Waals surface area contributed by atoms with E-state index in [0.717, 1.165) is 18.6 Å². The summed E-state index contributed by atoms with van der Waals surface area (Å²) in [6, 6.07) is 5.06. The lowest BCUT2D eigenvalue weighted by Crippen LogP contribution is -1.97. The fraction of sp³-hybridized carbons (Fsp3) is 0.545. The van der Waals surface area contributed by atoms with Gasteiger partial charge in [-0.1, -0.05) is 32.3 Å². The second-order valence-electron chi connectivity index (χ2n) is 3.22. The van der Waals surface area contributed by atoms with Gasteiger partial charge in [0.1, 0.15) is 5.76 Å². The zero-order valence-corrected chi connectivity index (χ0v) is 8.08. The van der Waals surface area contributed by atoms with Crippen LogP contribution in [0.15, 0.2) is 27.4 Å². The number of hydrogen-bond acceptors (Lipinski definition) is 2. The highest BCUT2D eigenvalue weighted by atomic mass is 16.4. The average molecular weight is 180 g/mol. The van der Waals surface area contributed by atoms with Crippen molar-refractivity contribution in [3.05, 3.63) is 34.4 Å². The predicted octanol–water partition coefficient (Wildman–Crippen LogP) is 2.76. The lowest BCUT2D eigenvalue weighted by molar-refractivity contribution is 0.449. The van der Waals surface area contributed by atoms with Gasteiger partial charge < -0.3 is 4.42 Å². The van der Waals surface area contributed by atoms with E-state index in [4.69, 9.17) is 4.42 Å². The Morgan fingerprint density at radius 1 is 1.23 bits per heavy atom. The Morgan fingerprint density at radius 3 is 2.77 bits per heavy atom. The molecule has 1 heterocycles. The molecule has 0 aliphatic rings. The number of aryl methyl sites for hydroxylation is 1. The van der Waals surface area contributed by atoms with Crippen molar-refractivity contribution in [1.29, 1.82) is 0 Å². The van der Waals surface area contributed by atoms with E-state index in [1.807, 2.05) is 6.07 Å². The summed E-state index contributed by atoms with van der Waals surface area (Å²) >= 11 is 0. The topological polar surface area (TPSA) is 30.2 Å². The van der Waals surface area contributed by atoms with Gasteiger partial charge in [-0.2, -0.15) is 0 Å². The molecule has 0 amide bonds. The van der Waals surface area contributed by atoms with Gasteiger partial charge in [-0.05, 0) is 12.5 Å². The lowest BCUT2D eigenvalue weighted by atomic mass is 10.1. The fourth-order valence-corrected chi connectivity index (χ4v) is 1.29. The number of hydrogen-bond donors (Lipinski definition) is 0. The molecule has 72 valence electrons. The Hall–Kier alpha value is -1.05. The van der Waals surface area contributed by atoms with E-state index in [1.165, 1.54) is 25.3 Å². The lowest BCUT2D eigenvalue weighted by Gasteiger charge is -1.98. The molecule has 1 aromatic heterocycles. The molecular formula is C11H16O2. The highest BCUT2D eigenvalue weighted by Crippen LogP contribution is 2.05. The molecule has 13 heavy (non-hydrogen) atoms. The average Bonchev–Trinajstić information content (AvgIpc) is 2.13. The number of rotatable bonds is 5. The van der Waals surface area contributed by atoms with Gasteiger partial charge in [0.05, 0.1) is 0 Å². The molecule has 0 aromatic carbocycles. The molecule has 0 aliphatic carbocycles. The smallest absolute Gasteiger partial charge is 0.335 e. The Kier molecular flexibility index (Phi) is 4.30. The monoisotopic (exact) mass is 180 g/mol. The minimum Gasteiger partial charge on any atom is -0.428 e. The second-order valence-corrected chi connectivity index (χ2v) is 3.22. The molecule has 0 aliphatic heterocycles. The molecule has 0 fully saturated rings. The fourth-order valence-electron chi connectivity index (χ4n) is 1.29. The highest BCUT2D eigenvalue weighted by Gasteiger charge is 1.95. The van der Waals surface area contributed by atoms with Gasteiger partial charge in [0, 0.05) is 12.5 Å². The zero-order chi connectivity index (χ0) is 9.52. The van der Waals surface area contributed by atoms with Crippen molar-refractivity contribution in [3.63, 3.8) is 0 Å². The second kappa shape index (κ2) is 5.57. The molecule has 0 atom stereocenters. The molecule has 0 spiro atoms. The van der Waals surface area contributed by atoms with Gasteiger partial charge in [-0.25, -0.2) is 4.79 Å². The third-order valence-corrected chi connectivity index (χ3v) is 2.02. The van der Waals surface area contributed by atoms with Gasteiger partial charge in [0.25, 0.3) is 0 Å². The summed E-state index contributed by atoms with van der Waals surface area (Å²) < 4.78 is 5.00. The molecule has 0 bridgehead atoms. The van der Waals surface area contributed by atoms with Crippen LogP contribution in [-0.4, -0.2) is 0 Å². The number of unbranched alkanes of at least 4 members (excludes halogenated alkanes) is 3. The van der Waals surface area contributed by atoms with E-state index in [9.17, 15) is 4.79 Å². The van der Waals surface area contributed by atoms with Gasteiger partial charge in [-0.3, -0.25) is 0 Å². The highest BCUT2D eigenvalue weighted by molar-refractivity contribution is 4.98. The summed E-state index contributed by atoms with van der Waals surface area (Å²) in [6.07, 6.45) is 5.71. The summed E-state index contributed by atoms with van der Waals surface area (Å²) in [5.74, 6) is 0.809. The first kappa shape index (κ1) is 10.0. The Morgan fingerprint density at radius 2 is 2.08 bits per heavy atom. The molecule has 0 saturated carbocycles. The van der Waals surface area contributed by atoms with Crippen LogP contribution in [0.1, 0.15) is 38.4 Å². The van der Waals surface area contributed by atoms with Crippen LogP contribution in [0.3, 0.4) is 0 Å². The van der Waals surface area contributed by atoms with E-state index in [-0.39, 0.29) is 5.63 Å². The van der Waals surface area contributed by atoms with Crippen LogP contribution in [0.25, 0.3) is 0 Å². The van der Waals surface area contributed by atoms with E-state index < -0.39 is 0 Å². The predicted molar refractivity (Wildman–Crippen MR) is 52.8 cm³/mol. The van der Waals surface area contributed by atoms with E-state index >= 15 is 0 Å². The van der Waals surface area contributed by atoms with Crippen LogP contribution in [0.5, 0.6) is 0 Å². The first-order valence-corrected chi connectivity index (χ1v) is 4.92. The Balaban J connectivity index is 2.33. The van der Waals surface area contributed by atoms with Crippen LogP contribution in [0, 0.1) is 0 Å². The normalized spacial score (nSPS) is 10.2. The summed E-state index contributed by atoms with van der Waals surface area (Å²) in [5.41, 5.74) is -0.243. The van der Waals surface area contributed by atoms with Gasteiger partial charge >= 0.3 is 5.63 Å². The van der Waals surface area contributed by atoms with Crippen LogP contribution in [0.2, 0.25) is 0 Å². The molecule has 2 heteroatoms. The minimum atomic E-state index is -0.243. The molecule has 0 N–H and O–H groups in total. The summed E-state index contributed by atoms with van der Waals surface area (Å²) in [4.78, 5) is 10.8. The first-order chi connectivity index (χ1) is 6.33. The van der Waals surface area contributed by atoms with Crippen molar-refractivity contribution in [1.82, 2.24) is 0 Å². The molecule has 0 unspecified atom stereocenters. The van der Waals surface area contributed by atoms with Gasteiger partial charge in [0.2, 0.25) is 0 Å².